The van der Waals surface area contributed by atoms with E-state index >= 15 is 0 Å². The van der Waals surface area contributed by atoms with Crippen LogP contribution >= 0.6 is 0 Å². The van der Waals surface area contributed by atoms with Crippen LogP contribution in [0.3, 0.4) is 0 Å². The third-order valence-electron chi connectivity index (χ3n) is 4.52. The molecule has 1 atom stereocenters. The predicted molar refractivity (Wildman–Crippen MR) is 72.5 cm³/mol. The van der Waals surface area contributed by atoms with E-state index in [1.165, 1.54) is 11.1 Å². The second-order valence-electron chi connectivity index (χ2n) is 5.76. The summed E-state index contributed by atoms with van der Waals surface area (Å²) in [4.78, 5) is 15.9. The summed E-state index contributed by atoms with van der Waals surface area (Å²) in [6.07, 6.45) is 3.99. The first kappa shape index (κ1) is 11.8. The lowest BCUT2D eigenvalue weighted by molar-refractivity contribution is -0.120. The number of rotatable bonds is 2. The Balaban J connectivity index is 1.53. The molecule has 0 spiro atoms. The summed E-state index contributed by atoms with van der Waals surface area (Å²) in [6.45, 7) is 0. The average molecular weight is 268 g/mol. The smallest absolute Gasteiger partial charge is 0.229 e. The number of nitrogens with zero attached hydrogens (tertiary/aromatic N) is 2. The number of ketones is 1. The highest BCUT2D eigenvalue weighted by Crippen LogP contribution is 2.39. The van der Waals surface area contributed by atoms with Gasteiger partial charge in [-0.15, -0.1) is 0 Å². The monoisotopic (exact) mass is 268 g/mol. The molecule has 1 aromatic carbocycles. The molecular formula is C16H16N2O2. The van der Waals surface area contributed by atoms with E-state index in [2.05, 4.69) is 34.4 Å². The van der Waals surface area contributed by atoms with Gasteiger partial charge in [0, 0.05) is 18.8 Å². The summed E-state index contributed by atoms with van der Waals surface area (Å²) in [5, 5.41) is 4.16. The highest BCUT2D eigenvalue weighted by Gasteiger charge is 2.32. The van der Waals surface area contributed by atoms with Crippen LogP contribution in [-0.2, 0) is 11.2 Å². The van der Waals surface area contributed by atoms with Gasteiger partial charge < -0.3 is 4.52 Å². The van der Waals surface area contributed by atoms with Crippen molar-refractivity contribution in [2.45, 2.75) is 43.9 Å². The normalized spacial score (nSPS) is 22.4. The minimum Gasteiger partial charge on any atom is -0.339 e. The number of fused-ring (bicyclic) bond motifs is 1. The summed E-state index contributed by atoms with van der Waals surface area (Å²) in [5.74, 6) is 2.43. The van der Waals surface area contributed by atoms with Crippen molar-refractivity contribution in [2.75, 3.05) is 0 Å². The zero-order chi connectivity index (χ0) is 13.5. The Morgan fingerprint density at radius 3 is 2.75 bits per heavy atom. The molecule has 0 N–H and O–H groups in total. The van der Waals surface area contributed by atoms with E-state index in [0.29, 0.717) is 18.6 Å². The van der Waals surface area contributed by atoms with Crippen LogP contribution in [0, 0.1) is 0 Å². The zero-order valence-electron chi connectivity index (χ0n) is 11.2. The lowest BCUT2D eigenvalue weighted by atomic mass is 9.77. The molecule has 0 saturated heterocycles. The molecule has 1 saturated carbocycles. The summed E-state index contributed by atoms with van der Waals surface area (Å²) in [6, 6.07) is 8.41. The van der Waals surface area contributed by atoms with Crippen LogP contribution in [-0.4, -0.2) is 15.9 Å². The molecule has 1 fully saturated rings. The molecule has 4 heteroatoms. The number of hydrogen-bond donors (Lipinski definition) is 0. The van der Waals surface area contributed by atoms with Crippen molar-refractivity contribution in [1.29, 1.82) is 0 Å². The summed E-state index contributed by atoms with van der Waals surface area (Å²) in [7, 11) is 0. The van der Waals surface area contributed by atoms with E-state index < -0.39 is 0 Å². The Kier molecular flexibility index (Phi) is 2.69. The predicted octanol–water partition coefficient (Wildman–Crippen LogP) is 2.98. The van der Waals surface area contributed by atoms with Crippen molar-refractivity contribution in [3.63, 3.8) is 0 Å². The van der Waals surface area contributed by atoms with E-state index in [4.69, 9.17) is 4.52 Å². The van der Waals surface area contributed by atoms with Crippen molar-refractivity contribution in [3.8, 4) is 0 Å². The average Bonchev–Trinajstić information content (AvgIpc) is 2.90. The molecular weight excluding hydrogens is 252 g/mol. The van der Waals surface area contributed by atoms with Gasteiger partial charge in [0.05, 0.1) is 5.92 Å². The maximum atomic E-state index is 11.3. The van der Waals surface area contributed by atoms with E-state index in [0.717, 1.165) is 31.0 Å². The molecule has 2 aromatic rings. The van der Waals surface area contributed by atoms with E-state index in [9.17, 15) is 4.79 Å². The van der Waals surface area contributed by atoms with Gasteiger partial charge in [-0.3, -0.25) is 4.79 Å². The lowest BCUT2D eigenvalue weighted by Gasteiger charge is -2.27. The summed E-state index contributed by atoms with van der Waals surface area (Å²) >= 11 is 0. The SMILES string of the molecule is O=C1CCC(c2nc(C3Cc4ccccc43)no2)CC1. The van der Waals surface area contributed by atoms with Gasteiger partial charge in [-0.2, -0.15) is 4.98 Å². The topological polar surface area (TPSA) is 56.0 Å². The number of carbonyl (C=O) groups is 1. The second kappa shape index (κ2) is 4.54. The first-order valence-corrected chi connectivity index (χ1v) is 7.24. The fourth-order valence-corrected chi connectivity index (χ4v) is 3.23. The zero-order valence-corrected chi connectivity index (χ0v) is 11.2. The fourth-order valence-electron chi connectivity index (χ4n) is 3.23. The number of Topliss-reactive ketones (excluding diaryl/α,β-unsaturated/α-hetero) is 1. The Morgan fingerprint density at radius 2 is 1.95 bits per heavy atom. The van der Waals surface area contributed by atoms with Gasteiger partial charge in [0.1, 0.15) is 5.78 Å². The van der Waals surface area contributed by atoms with Gasteiger partial charge in [-0.1, -0.05) is 29.4 Å². The Labute approximate surface area is 117 Å². The van der Waals surface area contributed by atoms with Crippen LogP contribution in [0.5, 0.6) is 0 Å². The maximum absolute atomic E-state index is 11.3. The molecule has 2 aliphatic rings. The van der Waals surface area contributed by atoms with E-state index in [1.807, 2.05) is 0 Å². The number of aromatic nitrogens is 2. The number of carbonyl (C=O) groups excluding carboxylic acids is 1. The number of hydrogen-bond acceptors (Lipinski definition) is 4. The van der Waals surface area contributed by atoms with Gasteiger partial charge in [-0.25, -0.2) is 0 Å². The minimum absolute atomic E-state index is 0.268. The minimum atomic E-state index is 0.268. The first-order chi connectivity index (χ1) is 9.81. The van der Waals surface area contributed by atoms with Crippen LogP contribution in [0.15, 0.2) is 28.8 Å². The van der Waals surface area contributed by atoms with Gasteiger partial charge in [0.25, 0.3) is 0 Å². The molecule has 1 heterocycles. The molecule has 1 unspecified atom stereocenters. The first-order valence-electron chi connectivity index (χ1n) is 7.24. The second-order valence-corrected chi connectivity index (χ2v) is 5.76. The Hall–Kier alpha value is -1.97. The van der Waals surface area contributed by atoms with Crippen molar-refractivity contribution in [1.82, 2.24) is 10.1 Å². The van der Waals surface area contributed by atoms with Crippen LogP contribution in [0.1, 0.15) is 60.4 Å². The standard InChI is InChI=1S/C16H16N2O2/c19-12-7-5-10(6-8-12)16-17-15(18-20-16)14-9-11-3-1-2-4-13(11)14/h1-4,10,14H,5-9H2. The van der Waals surface area contributed by atoms with Gasteiger partial charge >= 0.3 is 0 Å². The lowest BCUT2D eigenvalue weighted by Crippen LogP contribution is -2.19. The van der Waals surface area contributed by atoms with Gasteiger partial charge in [0.2, 0.25) is 5.89 Å². The molecule has 0 aliphatic heterocycles. The highest BCUT2D eigenvalue weighted by molar-refractivity contribution is 5.79. The molecule has 20 heavy (non-hydrogen) atoms. The van der Waals surface area contributed by atoms with Crippen molar-refractivity contribution in [2.24, 2.45) is 0 Å². The molecule has 4 nitrogen and oxygen atoms in total. The fraction of sp³-hybridized carbons (Fsp3) is 0.438. The van der Waals surface area contributed by atoms with Gasteiger partial charge in [0.15, 0.2) is 5.82 Å². The van der Waals surface area contributed by atoms with Crippen molar-refractivity contribution < 1.29 is 9.32 Å². The maximum Gasteiger partial charge on any atom is 0.229 e. The molecule has 0 amide bonds. The third-order valence-corrected chi connectivity index (χ3v) is 4.52. The van der Waals surface area contributed by atoms with E-state index in [-0.39, 0.29) is 11.8 Å². The summed E-state index contributed by atoms with van der Waals surface area (Å²) in [5.41, 5.74) is 2.70. The number of benzene rings is 1. The Bertz CT molecular complexity index is 652. The molecule has 4 rings (SSSR count). The van der Waals surface area contributed by atoms with Crippen molar-refractivity contribution in [3.05, 3.63) is 47.1 Å². The largest absolute Gasteiger partial charge is 0.339 e. The van der Waals surface area contributed by atoms with E-state index in [1.54, 1.807) is 0 Å². The quantitative estimate of drug-likeness (QED) is 0.840. The molecule has 0 radical (unpaired) electrons. The van der Waals surface area contributed by atoms with Crippen LogP contribution in [0.4, 0.5) is 0 Å². The highest BCUT2D eigenvalue weighted by atomic mass is 16.5. The molecule has 2 aliphatic carbocycles. The molecule has 0 bridgehead atoms. The summed E-state index contributed by atoms with van der Waals surface area (Å²) < 4.78 is 5.44. The Morgan fingerprint density at radius 1 is 1.15 bits per heavy atom. The van der Waals surface area contributed by atoms with Crippen LogP contribution in [0.2, 0.25) is 0 Å². The van der Waals surface area contributed by atoms with Crippen molar-refractivity contribution >= 4 is 5.78 Å². The molecule has 102 valence electrons. The molecule has 1 aromatic heterocycles. The third kappa shape index (κ3) is 1.87. The van der Waals surface area contributed by atoms with Gasteiger partial charge in [-0.05, 0) is 30.4 Å². The van der Waals surface area contributed by atoms with Crippen LogP contribution in [0.25, 0.3) is 0 Å². The van der Waals surface area contributed by atoms with Crippen LogP contribution < -0.4 is 0 Å².